The van der Waals surface area contributed by atoms with Crippen molar-refractivity contribution in [2.24, 2.45) is 0 Å². The number of benzene rings is 2. The monoisotopic (exact) mass is 341 g/mol. The topological polar surface area (TPSA) is 33.1 Å². The van der Waals surface area contributed by atoms with E-state index in [9.17, 15) is 5.11 Å². The molecule has 0 spiro atoms. The van der Waals surface area contributed by atoms with Crippen molar-refractivity contribution in [3.05, 3.63) is 76.4 Å². The van der Waals surface area contributed by atoms with Gasteiger partial charge in [0.1, 0.15) is 0 Å². The number of rotatable bonds is 3. The number of pyridine rings is 1. The summed E-state index contributed by atoms with van der Waals surface area (Å²) < 4.78 is 0.965. The minimum atomic E-state index is -0.945. The summed E-state index contributed by atoms with van der Waals surface area (Å²) >= 11 is 3.45. The van der Waals surface area contributed by atoms with Crippen molar-refractivity contribution in [2.45, 2.75) is 18.9 Å². The molecule has 1 N–H and O–H groups in total. The molecule has 2 nitrogen and oxygen atoms in total. The zero-order chi connectivity index (χ0) is 14.9. The molecule has 0 amide bonds. The Bertz CT molecular complexity index is 783. The molecule has 1 heterocycles. The van der Waals surface area contributed by atoms with E-state index in [2.05, 4.69) is 27.0 Å². The van der Waals surface area contributed by atoms with Crippen molar-refractivity contribution < 1.29 is 5.11 Å². The highest BCUT2D eigenvalue weighted by Crippen LogP contribution is 2.27. The van der Waals surface area contributed by atoms with Gasteiger partial charge in [-0.25, -0.2) is 0 Å². The molecule has 21 heavy (non-hydrogen) atoms. The molecule has 3 aromatic rings. The van der Waals surface area contributed by atoms with Gasteiger partial charge in [0.05, 0.1) is 11.1 Å². The van der Waals surface area contributed by atoms with Crippen LogP contribution in [0.25, 0.3) is 10.9 Å². The standard InChI is InChI=1S/C18H16BrNO/c1-18(21,14-6-4-7-15(19)11-14)12-16-10-9-13-5-2-3-8-17(13)20-16/h2-11,21H,12H2,1H3. The maximum atomic E-state index is 10.8. The van der Waals surface area contributed by atoms with E-state index in [0.29, 0.717) is 6.42 Å². The second kappa shape index (κ2) is 5.58. The summed E-state index contributed by atoms with van der Waals surface area (Å²) in [6, 6.07) is 19.8. The first kappa shape index (κ1) is 14.2. The minimum Gasteiger partial charge on any atom is -0.385 e. The number of halogens is 1. The zero-order valence-electron chi connectivity index (χ0n) is 11.8. The normalized spacial score (nSPS) is 14.0. The molecule has 0 saturated carbocycles. The fourth-order valence-electron chi connectivity index (χ4n) is 2.48. The molecule has 0 saturated heterocycles. The summed E-state index contributed by atoms with van der Waals surface area (Å²) in [5.74, 6) is 0. The number of aliphatic hydroxyl groups is 1. The van der Waals surface area contributed by atoms with Crippen LogP contribution in [-0.4, -0.2) is 10.1 Å². The zero-order valence-corrected chi connectivity index (χ0v) is 13.3. The summed E-state index contributed by atoms with van der Waals surface area (Å²) in [6.45, 7) is 1.83. The van der Waals surface area contributed by atoms with Gasteiger partial charge in [-0.2, -0.15) is 0 Å². The Labute approximate surface area is 132 Å². The number of fused-ring (bicyclic) bond motifs is 1. The fraction of sp³-hybridized carbons (Fsp3) is 0.167. The van der Waals surface area contributed by atoms with Crippen LogP contribution >= 0.6 is 15.9 Å². The van der Waals surface area contributed by atoms with Gasteiger partial charge in [0.15, 0.2) is 0 Å². The van der Waals surface area contributed by atoms with E-state index in [0.717, 1.165) is 26.6 Å². The average Bonchev–Trinajstić information content (AvgIpc) is 2.47. The maximum absolute atomic E-state index is 10.8. The molecule has 1 atom stereocenters. The number of para-hydroxylation sites is 1. The Morgan fingerprint density at radius 1 is 1.05 bits per heavy atom. The van der Waals surface area contributed by atoms with Crippen LogP contribution in [-0.2, 0) is 12.0 Å². The number of nitrogens with zero attached hydrogens (tertiary/aromatic N) is 1. The summed E-state index contributed by atoms with van der Waals surface area (Å²) in [4.78, 5) is 4.64. The van der Waals surface area contributed by atoms with Crippen molar-refractivity contribution in [3.63, 3.8) is 0 Å². The highest BCUT2D eigenvalue weighted by molar-refractivity contribution is 9.10. The molecule has 1 unspecified atom stereocenters. The molecule has 0 radical (unpaired) electrons. The molecular weight excluding hydrogens is 326 g/mol. The van der Waals surface area contributed by atoms with Crippen molar-refractivity contribution in [2.75, 3.05) is 0 Å². The molecule has 3 rings (SSSR count). The fourth-order valence-corrected chi connectivity index (χ4v) is 2.88. The Morgan fingerprint density at radius 2 is 1.86 bits per heavy atom. The first-order valence-electron chi connectivity index (χ1n) is 6.88. The molecule has 0 fully saturated rings. The van der Waals surface area contributed by atoms with E-state index in [1.54, 1.807) is 0 Å². The van der Waals surface area contributed by atoms with Crippen molar-refractivity contribution in [1.82, 2.24) is 4.98 Å². The third-order valence-electron chi connectivity index (χ3n) is 3.63. The Hall–Kier alpha value is -1.71. The molecule has 0 bridgehead atoms. The SMILES string of the molecule is CC(O)(Cc1ccc2ccccc2n1)c1cccc(Br)c1. The van der Waals surface area contributed by atoms with Gasteiger partial charge in [0, 0.05) is 22.0 Å². The second-order valence-electron chi connectivity index (χ2n) is 5.46. The third kappa shape index (κ3) is 3.14. The van der Waals surface area contributed by atoms with Gasteiger partial charge in [-0.15, -0.1) is 0 Å². The van der Waals surface area contributed by atoms with Gasteiger partial charge >= 0.3 is 0 Å². The molecule has 3 heteroatoms. The van der Waals surface area contributed by atoms with Crippen LogP contribution in [0.1, 0.15) is 18.2 Å². The predicted octanol–water partition coefficient (Wildman–Crippen LogP) is 4.45. The van der Waals surface area contributed by atoms with Gasteiger partial charge in [0.25, 0.3) is 0 Å². The lowest BCUT2D eigenvalue weighted by Crippen LogP contribution is -2.24. The second-order valence-corrected chi connectivity index (χ2v) is 6.37. The summed E-state index contributed by atoms with van der Waals surface area (Å²) in [5.41, 5.74) is 1.78. The number of hydrogen-bond donors (Lipinski definition) is 1. The molecule has 0 aliphatic carbocycles. The quantitative estimate of drug-likeness (QED) is 0.763. The van der Waals surface area contributed by atoms with E-state index >= 15 is 0 Å². The van der Waals surface area contributed by atoms with Gasteiger partial charge in [-0.1, -0.05) is 52.3 Å². The van der Waals surface area contributed by atoms with Crippen LogP contribution in [0.15, 0.2) is 65.1 Å². The predicted molar refractivity (Wildman–Crippen MR) is 89.2 cm³/mol. The molecular formula is C18H16BrNO. The van der Waals surface area contributed by atoms with E-state index in [-0.39, 0.29) is 0 Å². The first-order chi connectivity index (χ1) is 10.0. The van der Waals surface area contributed by atoms with Crippen LogP contribution in [0.2, 0.25) is 0 Å². The Balaban J connectivity index is 1.93. The lowest BCUT2D eigenvalue weighted by Gasteiger charge is -2.24. The van der Waals surface area contributed by atoms with Gasteiger partial charge < -0.3 is 5.11 Å². The van der Waals surface area contributed by atoms with Gasteiger partial charge in [-0.05, 0) is 36.8 Å². The van der Waals surface area contributed by atoms with Crippen molar-refractivity contribution >= 4 is 26.8 Å². The molecule has 1 aromatic heterocycles. The van der Waals surface area contributed by atoms with Crippen LogP contribution in [0, 0.1) is 0 Å². The summed E-state index contributed by atoms with van der Waals surface area (Å²) in [7, 11) is 0. The van der Waals surface area contributed by atoms with Crippen molar-refractivity contribution in [1.29, 1.82) is 0 Å². The van der Waals surface area contributed by atoms with Gasteiger partial charge in [-0.3, -0.25) is 4.98 Å². The lowest BCUT2D eigenvalue weighted by atomic mass is 9.91. The van der Waals surface area contributed by atoms with E-state index in [4.69, 9.17) is 0 Å². The highest BCUT2D eigenvalue weighted by atomic mass is 79.9. The molecule has 0 aliphatic heterocycles. The molecule has 2 aromatic carbocycles. The van der Waals surface area contributed by atoms with E-state index < -0.39 is 5.60 Å². The Morgan fingerprint density at radius 3 is 2.67 bits per heavy atom. The largest absolute Gasteiger partial charge is 0.385 e. The average molecular weight is 342 g/mol. The van der Waals surface area contributed by atoms with E-state index in [1.165, 1.54) is 0 Å². The van der Waals surface area contributed by atoms with Crippen molar-refractivity contribution in [3.8, 4) is 0 Å². The van der Waals surface area contributed by atoms with Crippen LogP contribution < -0.4 is 0 Å². The molecule has 0 aliphatic rings. The van der Waals surface area contributed by atoms with Crippen LogP contribution in [0.5, 0.6) is 0 Å². The number of hydrogen-bond acceptors (Lipinski definition) is 2. The minimum absolute atomic E-state index is 0.480. The first-order valence-corrected chi connectivity index (χ1v) is 7.67. The highest BCUT2D eigenvalue weighted by Gasteiger charge is 2.24. The Kier molecular flexibility index (Phi) is 3.79. The lowest BCUT2D eigenvalue weighted by molar-refractivity contribution is 0.0566. The maximum Gasteiger partial charge on any atom is 0.0924 e. The van der Waals surface area contributed by atoms with Crippen LogP contribution in [0.4, 0.5) is 0 Å². The molecule has 106 valence electrons. The third-order valence-corrected chi connectivity index (χ3v) is 4.12. The smallest absolute Gasteiger partial charge is 0.0924 e. The number of aromatic nitrogens is 1. The van der Waals surface area contributed by atoms with Crippen LogP contribution in [0.3, 0.4) is 0 Å². The van der Waals surface area contributed by atoms with E-state index in [1.807, 2.05) is 61.5 Å². The summed E-state index contributed by atoms with van der Waals surface area (Å²) in [5, 5.41) is 11.9. The van der Waals surface area contributed by atoms with Gasteiger partial charge in [0.2, 0.25) is 0 Å². The summed E-state index contributed by atoms with van der Waals surface area (Å²) in [6.07, 6.45) is 0.480.